The molecule has 0 unspecified atom stereocenters. The number of amides is 1. The van der Waals surface area contributed by atoms with Crippen LogP contribution in [0.2, 0.25) is 0 Å². The summed E-state index contributed by atoms with van der Waals surface area (Å²) in [7, 11) is 0. The Bertz CT molecular complexity index is 730. The minimum Gasteiger partial charge on any atom is -0.338 e. The van der Waals surface area contributed by atoms with E-state index in [1.54, 1.807) is 0 Å². The topological polar surface area (TPSA) is 68.0 Å². The van der Waals surface area contributed by atoms with Gasteiger partial charge in [-0.15, -0.1) is 0 Å². The Morgan fingerprint density at radius 3 is 2.62 bits per heavy atom. The maximum absolute atomic E-state index is 12.9. The van der Waals surface area contributed by atoms with Crippen LogP contribution in [-0.4, -0.2) is 16.0 Å². The average Bonchev–Trinajstić information content (AvgIpc) is 3.05. The molecule has 1 N–H and O–H groups in total. The zero-order valence-corrected chi connectivity index (χ0v) is 14.7. The molecule has 5 heteroatoms. The summed E-state index contributed by atoms with van der Waals surface area (Å²) in [6.07, 6.45) is 5.69. The Morgan fingerprint density at radius 1 is 1.25 bits per heavy atom. The molecule has 0 radical (unpaired) electrons. The summed E-state index contributed by atoms with van der Waals surface area (Å²) in [6.45, 7) is 6.00. The first-order valence-corrected chi connectivity index (χ1v) is 8.77. The van der Waals surface area contributed by atoms with Gasteiger partial charge in [0.15, 0.2) is 5.82 Å². The van der Waals surface area contributed by atoms with Crippen LogP contribution in [0.5, 0.6) is 0 Å². The van der Waals surface area contributed by atoms with Crippen LogP contribution < -0.4 is 5.32 Å². The maximum Gasteiger partial charge on any atom is 0.252 e. The fourth-order valence-corrected chi connectivity index (χ4v) is 3.49. The van der Waals surface area contributed by atoms with Gasteiger partial charge in [0.2, 0.25) is 0 Å². The first-order valence-electron chi connectivity index (χ1n) is 8.77. The van der Waals surface area contributed by atoms with E-state index in [2.05, 4.69) is 15.5 Å². The smallest absolute Gasteiger partial charge is 0.252 e. The van der Waals surface area contributed by atoms with Gasteiger partial charge in [0.25, 0.3) is 11.8 Å². The molecule has 128 valence electrons. The van der Waals surface area contributed by atoms with Gasteiger partial charge in [0, 0.05) is 12.0 Å². The molecule has 1 aliphatic rings. The third-order valence-corrected chi connectivity index (χ3v) is 4.88. The SMILES string of the molecule is CCc1noc(C2(NC(=O)c3ccc(C)cc3C)CCCCC2)n1. The molecule has 3 rings (SSSR count). The number of aromatic nitrogens is 2. The van der Waals surface area contributed by atoms with Gasteiger partial charge in [-0.2, -0.15) is 4.98 Å². The van der Waals surface area contributed by atoms with Crippen molar-refractivity contribution in [3.05, 3.63) is 46.6 Å². The maximum atomic E-state index is 12.9. The van der Waals surface area contributed by atoms with E-state index in [0.717, 1.165) is 43.2 Å². The third kappa shape index (κ3) is 3.21. The summed E-state index contributed by atoms with van der Waals surface area (Å²) >= 11 is 0. The lowest BCUT2D eigenvalue weighted by Crippen LogP contribution is -2.47. The van der Waals surface area contributed by atoms with E-state index in [0.29, 0.717) is 17.3 Å². The Labute approximate surface area is 142 Å². The second-order valence-corrected chi connectivity index (χ2v) is 6.78. The summed E-state index contributed by atoms with van der Waals surface area (Å²) in [5.74, 6) is 1.18. The molecule has 0 spiro atoms. The highest BCUT2D eigenvalue weighted by atomic mass is 16.5. The molecule has 0 aliphatic heterocycles. The lowest BCUT2D eigenvalue weighted by Gasteiger charge is -2.34. The van der Waals surface area contributed by atoms with E-state index in [-0.39, 0.29) is 5.91 Å². The Balaban J connectivity index is 1.90. The normalized spacial score (nSPS) is 16.8. The van der Waals surface area contributed by atoms with Gasteiger partial charge in [-0.1, -0.05) is 49.0 Å². The van der Waals surface area contributed by atoms with Crippen molar-refractivity contribution in [2.24, 2.45) is 0 Å². The number of carbonyl (C=O) groups excluding carboxylic acids is 1. The van der Waals surface area contributed by atoms with E-state index >= 15 is 0 Å². The van der Waals surface area contributed by atoms with Crippen molar-refractivity contribution in [3.8, 4) is 0 Å². The highest BCUT2D eigenvalue weighted by Crippen LogP contribution is 2.36. The lowest BCUT2D eigenvalue weighted by molar-refractivity contribution is 0.0824. The summed E-state index contributed by atoms with van der Waals surface area (Å²) in [6, 6.07) is 5.89. The first kappa shape index (κ1) is 16.7. The van der Waals surface area contributed by atoms with Gasteiger partial charge in [-0.3, -0.25) is 4.79 Å². The molecule has 1 fully saturated rings. The Morgan fingerprint density at radius 2 is 2.00 bits per heavy atom. The fourth-order valence-electron chi connectivity index (χ4n) is 3.49. The number of carbonyl (C=O) groups is 1. The summed E-state index contributed by atoms with van der Waals surface area (Å²) in [5, 5.41) is 7.25. The second kappa shape index (κ2) is 6.75. The van der Waals surface area contributed by atoms with Crippen molar-refractivity contribution in [1.29, 1.82) is 0 Å². The van der Waals surface area contributed by atoms with E-state index in [1.807, 2.05) is 39.0 Å². The molecule has 1 saturated carbocycles. The predicted molar refractivity (Wildman–Crippen MR) is 91.8 cm³/mol. The molecular weight excluding hydrogens is 302 g/mol. The highest BCUT2D eigenvalue weighted by molar-refractivity contribution is 5.96. The number of hydrogen-bond acceptors (Lipinski definition) is 4. The molecule has 0 saturated heterocycles. The van der Waals surface area contributed by atoms with Crippen molar-refractivity contribution in [3.63, 3.8) is 0 Å². The number of rotatable bonds is 4. The van der Waals surface area contributed by atoms with Gasteiger partial charge < -0.3 is 9.84 Å². The van der Waals surface area contributed by atoms with Gasteiger partial charge in [-0.25, -0.2) is 0 Å². The molecule has 1 heterocycles. The monoisotopic (exact) mass is 327 g/mol. The van der Waals surface area contributed by atoms with E-state index in [9.17, 15) is 4.79 Å². The van der Waals surface area contributed by atoms with Crippen molar-refractivity contribution < 1.29 is 9.32 Å². The zero-order chi connectivity index (χ0) is 17.2. The van der Waals surface area contributed by atoms with Crippen molar-refractivity contribution in [2.75, 3.05) is 0 Å². The van der Waals surface area contributed by atoms with Crippen LogP contribution in [0.3, 0.4) is 0 Å². The van der Waals surface area contributed by atoms with Gasteiger partial charge >= 0.3 is 0 Å². The van der Waals surface area contributed by atoms with Crippen LogP contribution in [0.1, 0.15) is 72.2 Å². The van der Waals surface area contributed by atoms with Crippen LogP contribution in [0, 0.1) is 13.8 Å². The molecule has 1 aliphatic carbocycles. The summed E-state index contributed by atoms with van der Waals surface area (Å²) in [5.41, 5.74) is 2.31. The standard InChI is InChI=1S/C19H25N3O2/c1-4-16-20-18(24-22-16)19(10-6-5-7-11-19)21-17(23)15-9-8-13(2)12-14(15)3/h8-9,12H,4-7,10-11H2,1-3H3,(H,21,23). The van der Waals surface area contributed by atoms with Gasteiger partial charge in [0.1, 0.15) is 5.54 Å². The molecule has 1 amide bonds. The lowest BCUT2D eigenvalue weighted by atomic mass is 9.81. The minimum atomic E-state index is -0.535. The third-order valence-electron chi connectivity index (χ3n) is 4.88. The Kier molecular flexibility index (Phi) is 4.69. The number of nitrogens with one attached hydrogen (secondary N) is 1. The quantitative estimate of drug-likeness (QED) is 0.926. The van der Waals surface area contributed by atoms with Gasteiger partial charge in [-0.05, 0) is 38.3 Å². The zero-order valence-electron chi connectivity index (χ0n) is 14.7. The number of benzene rings is 1. The fraction of sp³-hybridized carbons (Fsp3) is 0.526. The van der Waals surface area contributed by atoms with Gasteiger partial charge in [0.05, 0.1) is 0 Å². The molecule has 5 nitrogen and oxygen atoms in total. The predicted octanol–water partition coefficient (Wildman–Crippen LogP) is 3.84. The van der Waals surface area contributed by atoms with Crippen molar-refractivity contribution >= 4 is 5.91 Å². The minimum absolute atomic E-state index is 0.0642. The molecule has 1 aromatic heterocycles. The summed E-state index contributed by atoms with van der Waals surface area (Å²) in [4.78, 5) is 17.4. The summed E-state index contributed by atoms with van der Waals surface area (Å²) < 4.78 is 5.51. The first-order chi connectivity index (χ1) is 11.5. The molecule has 1 aromatic carbocycles. The van der Waals surface area contributed by atoms with Crippen molar-refractivity contribution in [2.45, 2.75) is 64.8 Å². The van der Waals surface area contributed by atoms with Crippen molar-refractivity contribution in [1.82, 2.24) is 15.5 Å². The molecular formula is C19H25N3O2. The second-order valence-electron chi connectivity index (χ2n) is 6.78. The number of nitrogens with zero attached hydrogens (tertiary/aromatic N) is 2. The number of aryl methyl sites for hydroxylation is 3. The highest BCUT2D eigenvalue weighted by Gasteiger charge is 2.40. The van der Waals surface area contributed by atoms with E-state index in [1.165, 1.54) is 6.42 Å². The van der Waals surface area contributed by atoms with E-state index < -0.39 is 5.54 Å². The number of hydrogen-bond donors (Lipinski definition) is 1. The molecule has 0 bridgehead atoms. The average molecular weight is 327 g/mol. The van der Waals surface area contributed by atoms with Crippen LogP contribution in [0.4, 0.5) is 0 Å². The molecule has 0 atom stereocenters. The molecule has 24 heavy (non-hydrogen) atoms. The van der Waals surface area contributed by atoms with Crippen LogP contribution >= 0.6 is 0 Å². The van der Waals surface area contributed by atoms with Crippen LogP contribution in [-0.2, 0) is 12.0 Å². The van der Waals surface area contributed by atoms with E-state index in [4.69, 9.17) is 4.52 Å². The largest absolute Gasteiger partial charge is 0.338 e. The molecule has 2 aromatic rings. The van der Waals surface area contributed by atoms with Crippen LogP contribution in [0.25, 0.3) is 0 Å². The van der Waals surface area contributed by atoms with Crippen LogP contribution in [0.15, 0.2) is 22.7 Å². The Hall–Kier alpha value is -2.17.